The molecule has 0 aliphatic carbocycles. The SMILES string of the molecule is CC(C)Nc1nc2ccc(-c3ccncc3)nc2cc1C(N)=O. The van der Waals surface area contributed by atoms with Crippen LogP contribution in [0, 0.1) is 0 Å². The summed E-state index contributed by atoms with van der Waals surface area (Å²) in [7, 11) is 0. The standard InChI is InChI=1S/C17H17N5O/c1-10(2)20-17-12(16(18)23)9-15-14(22-17)4-3-13(21-15)11-5-7-19-8-6-11/h3-10H,1-2H3,(H2,18,23)(H,20,22). The van der Waals surface area contributed by atoms with Gasteiger partial charge in [-0.25, -0.2) is 9.97 Å². The number of anilines is 1. The van der Waals surface area contributed by atoms with Crippen molar-refractivity contribution in [2.24, 2.45) is 5.73 Å². The molecule has 23 heavy (non-hydrogen) atoms. The molecule has 0 aromatic carbocycles. The highest BCUT2D eigenvalue weighted by Crippen LogP contribution is 2.23. The molecule has 3 rings (SSSR count). The number of amides is 1. The molecule has 3 aromatic heterocycles. The summed E-state index contributed by atoms with van der Waals surface area (Å²) in [5.74, 6) is -0.0443. The first-order valence-corrected chi connectivity index (χ1v) is 7.33. The second-order valence-electron chi connectivity index (χ2n) is 5.52. The summed E-state index contributed by atoms with van der Waals surface area (Å²) in [5, 5.41) is 3.15. The lowest BCUT2D eigenvalue weighted by Crippen LogP contribution is -2.19. The monoisotopic (exact) mass is 307 g/mol. The van der Waals surface area contributed by atoms with E-state index in [1.165, 1.54) is 0 Å². The van der Waals surface area contributed by atoms with Crippen molar-refractivity contribution < 1.29 is 4.79 Å². The lowest BCUT2D eigenvalue weighted by molar-refractivity contribution is 0.100. The fourth-order valence-corrected chi connectivity index (χ4v) is 2.31. The Morgan fingerprint density at radius 3 is 2.48 bits per heavy atom. The molecule has 3 heterocycles. The number of hydrogen-bond donors (Lipinski definition) is 2. The quantitative estimate of drug-likeness (QED) is 0.772. The highest BCUT2D eigenvalue weighted by Gasteiger charge is 2.14. The van der Waals surface area contributed by atoms with Gasteiger partial charge in [-0.2, -0.15) is 0 Å². The molecule has 0 bridgehead atoms. The largest absolute Gasteiger partial charge is 0.367 e. The number of hydrogen-bond acceptors (Lipinski definition) is 5. The van der Waals surface area contributed by atoms with E-state index >= 15 is 0 Å². The minimum atomic E-state index is -0.529. The summed E-state index contributed by atoms with van der Waals surface area (Å²) in [6.07, 6.45) is 3.42. The third-order valence-electron chi connectivity index (χ3n) is 3.34. The van der Waals surface area contributed by atoms with Gasteiger partial charge in [0.2, 0.25) is 0 Å². The van der Waals surface area contributed by atoms with Crippen LogP contribution in [0.1, 0.15) is 24.2 Å². The van der Waals surface area contributed by atoms with Crippen molar-refractivity contribution >= 4 is 22.8 Å². The second kappa shape index (κ2) is 6.00. The van der Waals surface area contributed by atoms with Crippen LogP contribution in [0.3, 0.4) is 0 Å². The average molecular weight is 307 g/mol. The Hall–Kier alpha value is -3.02. The fourth-order valence-electron chi connectivity index (χ4n) is 2.31. The number of nitrogens with one attached hydrogen (secondary N) is 1. The van der Waals surface area contributed by atoms with Crippen molar-refractivity contribution in [1.29, 1.82) is 0 Å². The summed E-state index contributed by atoms with van der Waals surface area (Å²) >= 11 is 0. The molecule has 6 nitrogen and oxygen atoms in total. The first-order chi connectivity index (χ1) is 11.0. The molecule has 0 spiro atoms. The normalized spacial score (nSPS) is 10.9. The van der Waals surface area contributed by atoms with Crippen molar-refractivity contribution in [2.45, 2.75) is 19.9 Å². The summed E-state index contributed by atoms with van der Waals surface area (Å²) in [4.78, 5) is 24.8. The Labute approximate surface area is 133 Å². The zero-order valence-electron chi connectivity index (χ0n) is 12.9. The van der Waals surface area contributed by atoms with Crippen LogP contribution in [0.5, 0.6) is 0 Å². The number of rotatable bonds is 4. The van der Waals surface area contributed by atoms with Gasteiger partial charge in [0, 0.05) is 24.0 Å². The molecule has 0 atom stereocenters. The number of carbonyl (C=O) groups excluding carboxylic acids is 1. The van der Waals surface area contributed by atoms with Gasteiger partial charge in [-0.15, -0.1) is 0 Å². The van der Waals surface area contributed by atoms with Crippen LogP contribution in [0.2, 0.25) is 0 Å². The van der Waals surface area contributed by atoms with Crippen LogP contribution in [-0.4, -0.2) is 26.9 Å². The topological polar surface area (TPSA) is 93.8 Å². The number of carbonyl (C=O) groups is 1. The maximum absolute atomic E-state index is 11.7. The number of fused-ring (bicyclic) bond motifs is 1. The number of pyridine rings is 3. The second-order valence-corrected chi connectivity index (χ2v) is 5.52. The van der Waals surface area contributed by atoms with Gasteiger partial charge in [0.05, 0.1) is 22.3 Å². The zero-order chi connectivity index (χ0) is 16.4. The van der Waals surface area contributed by atoms with E-state index in [0.29, 0.717) is 22.4 Å². The van der Waals surface area contributed by atoms with Crippen LogP contribution in [0.4, 0.5) is 5.82 Å². The average Bonchev–Trinajstić information content (AvgIpc) is 2.54. The van der Waals surface area contributed by atoms with E-state index in [9.17, 15) is 4.79 Å². The molecule has 0 saturated carbocycles. The molecule has 0 aliphatic rings. The predicted molar refractivity (Wildman–Crippen MR) is 90.0 cm³/mol. The Balaban J connectivity index is 2.14. The number of nitrogens with two attached hydrogens (primary N) is 1. The molecular weight excluding hydrogens is 290 g/mol. The van der Waals surface area contributed by atoms with Gasteiger partial charge in [-0.1, -0.05) is 0 Å². The first kappa shape index (κ1) is 14.9. The highest BCUT2D eigenvalue weighted by molar-refractivity contribution is 6.00. The lowest BCUT2D eigenvalue weighted by Gasteiger charge is -2.13. The summed E-state index contributed by atoms with van der Waals surface area (Å²) in [6, 6.07) is 9.36. The molecule has 3 N–H and O–H groups in total. The van der Waals surface area contributed by atoms with Gasteiger partial charge in [0.25, 0.3) is 5.91 Å². The van der Waals surface area contributed by atoms with Gasteiger partial charge in [0.15, 0.2) is 0 Å². The van der Waals surface area contributed by atoms with Crippen LogP contribution in [-0.2, 0) is 0 Å². The highest BCUT2D eigenvalue weighted by atomic mass is 16.1. The Morgan fingerprint density at radius 2 is 1.83 bits per heavy atom. The Kier molecular flexibility index (Phi) is 3.89. The number of nitrogens with zero attached hydrogens (tertiary/aromatic N) is 3. The maximum atomic E-state index is 11.7. The molecule has 0 aliphatic heterocycles. The van der Waals surface area contributed by atoms with Crippen LogP contribution in [0.25, 0.3) is 22.3 Å². The molecule has 0 radical (unpaired) electrons. The van der Waals surface area contributed by atoms with Crippen LogP contribution in [0.15, 0.2) is 42.7 Å². The van der Waals surface area contributed by atoms with Crippen LogP contribution >= 0.6 is 0 Å². The minimum absolute atomic E-state index is 0.141. The van der Waals surface area contributed by atoms with Gasteiger partial charge in [-0.05, 0) is 44.2 Å². The molecular formula is C17H17N5O. The van der Waals surface area contributed by atoms with Gasteiger partial charge >= 0.3 is 0 Å². The fraction of sp³-hybridized carbons (Fsp3) is 0.176. The van der Waals surface area contributed by atoms with Crippen molar-refractivity contribution in [3.05, 3.63) is 48.3 Å². The van der Waals surface area contributed by atoms with E-state index in [-0.39, 0.29) is 6.04 Å². The molecule has 0 fully saturated rings. The predicted octanol–water partition coefficient (Wildman–Crippen LogP) is 2.61. The van der Waals surface area contributed by atoms with E-state index < -0.39 is 5.91 Å². The molecule has 0 unspecified atom stereocenters. The van der Waals surface area contributed by atoms with E-state index in [4.69, 9.17) is 5.73 Å². The van der Waals surface area contributed by atoms with Crippen molar-refractivity contribution in [1.82, 2.24) is 15.0 Å². The van der Waals surface area contributed by atoms with E-state index in [1.807, 2.05) is 38.1 Å². The van der Waals surface area contributed by atoms with Crippen molar-refractivity contribution in [3.8, 4) is 11.3 Å². The summed E-state index contributed by atoms with van der Waals surface area (Å²) in [5.41, 5.74) is 8.89. The smallest absolute Gasteiger partial charge is 0.252 e. The summed E-state index contributed by atoms with van der Waals surface area (Å²) in [6.45, 7) is 3.95. The van der Waals surface area contributed by atoms with Crippen LogP contribution < -0.4 is 11.1 Å². The lowest BCUT2D eigenvalue weighted by atomic mass is 10.1. The third-order valence-corrected chi connectivity index (χ3v) is 3.34. The number of aromatic nitrogens is 3. The molecule has 0 saturated heterocycles. The minimum Gasteiger partial charge on any atom is -0.367 e. The van der Waals surface area contributed by atoms with E-state index in [1.54, 1.807) is 18.5 Å². The van der Waals surface area contributed by atoms with Gasteiger partial charge in [0.1, 0.15) is 5.82 Å². The molecule has 116 valence electrons. The Bertz CT molecular complexity index is 861. The van der Waals surface area contributed by atoms with Gasteiger partial charge in [-0.3, -0.25) is 9.78 Å². The zero-order valence-corrected chi connectivity index (χ0v) is 12.9. The van der Waals surface area contributed by atoms with E-state index in [0.717, 1.165) is 11.3 Å². The van der Waals surface area contributed by atoms with E-state index in [2.05, 4.69) is 20.3 Å². The molecule has 1 amide bonds. The Morgan fingerprint density at radius 1 is 1.09 bits per heavy atom. The van der Waals surface area contributed by atoms with Gasteiger partial charge < -0.3 is 11.1 Å². The summed E-state index contributed by atoms with van der Waals surface area (Å²) < 4.78 is 0. The molecule has 3 aromatic rings. The third kappa shape index (κ3) is 3.11. The maximum Gasteiger partial charge on any atom is 0.252 e. The van der Waals surface area contributed by atoms with Crippen molar-refractivity contribution in [2.75, 3.05) is 5.32 Å². The molecule has 6 heteroatoms. The van der Waals surface area contributed by atoms with Crippen molar-refractivity contribution in [3.63, 3.8) is 0 Å². The first-order valence-electron chi connectivity index (χ1n) is 7.33. The number of primary amides is 1.